The lowest BCUT2D eigenvalue weighted by Gasteiger charge is -2.35. The minimum Gasteiger partial charge on any atom is -0.459 e. The van der Waals surface area contributed by atoms with Gasteiger partial charge in [0, 0.05) is 0 Å². The first-order valence-electron chi connectivity index (χ1n) is 10.5. The Morgan fingerprint density at radius 2 is 2.16 bits per heavy atom. The predicted molar refractivity (Wildman–Crippen MR) is 97.9 cm³/mol. The summed E-state index contributed by atoms with van der Waals surface area (Å²) in [6, 6.07) is 0. The third kappa shape index (κ3) is 3.41. The number of allylic oxidation sites excluding steroid dienone is 2. The first-order valence-corrected chi connectivity index (χ1v) is 10.5. The van der Waals surface area contributed by atoms with Crippen molar-refractivity contribution in [2.45, 2.75) is 89.3 Å². The first-order chi connectivity index (χ1) is 11.9. The molecule has 7 unspecified atom stereocenters. The number of carbonyl (C=O) groups is 1. The fraction of sp³-hybridized carbons (Fsp3) is 0.864. The SMILES string of the molecule is CCC1CC2CCC1(OC(=O)CC(C)(O)CCC1CC3C=CC1C3)C2. The summed E-state index contributed by atoms with van der Waals surface area (Å²) in [5.41, 5.74) is -1.14. The molecule has 4 rings (SSSR count). The molecule has 0 spiro atoms. The molecule has 4 aliphatic carbocycles. The highest BCUT2D eigenvalue weighted by molar-refractivity contribution is 5.71. The molecule has 25 heavy (non-hydrogen) atoms. The van der Waals surface area contributed by atoms with Gasteiger partial charge in [0.25, 0.3) is 0 Å². The summed E-state index contributed by atoms with van der Waals surface area (Å²) in [5, 5.41) is 10.8. The summed E-state index contributed by atoms with van der Waals surface area (Å²) < 4.78 is 6.04. The van der Waals surface area contributed by atoms with Crippen LogP contribution in [-0.4, -0.2) is 22.3 Å². The van der Waals surface area contributed by atoms with E-state index in [1.165, 1.54) is 25.7 Å². The Hall–Kier alpha value is -0.830. The van der Waals surface area contributed by atoms with Gasteiger partial charge >= 0.3 is 5.97 Å². The van der Waals surface area contributed by atoms with Crippen LogP contribution in [0.25, 0.3) is 0 Å². The van der Waals surface area contributed by atoms with Gasteiger partial charge in [0.2, 0.25) is 0 Å². The van der Waals surface area contributed by atoms with Crippen LogP contribution in [-0.2, 0) is 9.53 Å². The summed E-state index contributed by atoms with van der Waals surface area (Å²) in [7, 11) is 0. The molecule has 0 aromatic heterocycles. The summed E-state index contributed by atoms with van der Waals surface area (Å²) >= 11 is 0. The number of hydrogen-bond acceptors (Lipinski definition) is 3. The standard InChI is InChI=1S/C22H34O3/c1-3-19-12-16-6-9-22(19,13-16)25-20(23)14-21(2,24)8-7-18-11-15-4-5-17(18)10-15/h4-5,15-19,24H,3,6-14H2,1-2H3. The molecule has 0 amide bonds. The van der Waals surface area contributed by atoms with Crippen LogP contribution in [0.2, 0.25) is 0 Å². The largest absolute Gasteiger partial charge is 0.459 e. The second kappa shape index (κ2) is 6.40. The second-order valence-corrected chi connectivity index (χ2v) is 9.74. The van der Waals surface area contributed by atoms with Crippen molar-refractivity contribution >= 4 is 5.97 Å². The van der Waals surface area contributed by atoms with Crippen LogP contribution < -0.4 is 0 Å². The number of fused-ring (bicyclic) bond motifs is 4. The summed E-state index contributed by atoms with van der Waals surface area (Å²) in [6.45, 7) is 4.03. The minimum atomic E-state index is -0.933. The van der Waals surface area contributed by atoms with E-state index in [0.717, 1.165) is 37.5 Å². The molecular weight excluding hydrogens is 312 g/mol. The van der Waals surface area contributed by atoms with Crippen molar-refractivity contribution in [3.8, 4) is 0 Å². The Kier molecular flexibility index (Phi) is 4.50. The molecule has 7 atom stereocenters. The monoisotopic (exact) mass is 346 g/mol. The quantitative estimate of drug-likeness (QED) is 0.540. The van der Waals surface area contributed by atoms with Gasteiger partial charge in [-0.2, -0.15) is 0 Å². The smallest absolute Gasteiger partial charge is 0.309 e. The lowest BCUT2D eigenvalue weighted by atomic mass is 9.83. The maximum Gasteiger partial charge on any atom is 0.309 e. The first kappa shape index (κ1) is 17.6. The highest BCUT2D eigenvalue weighted by atomic mass is 16.6. The molecule has 140 valence electrons. The van der Waals surface area contributed by atoms with Crippen LogP contribution in [0.5, 0.6) is 0 Å². The summed E-state index contributed by atoms with van der Waals surface area (Å²) in [5.74, 6) is 3.29. The van der Waals surface area contributed by atoms with Crippen molar-refractivity contribution in [3.05, 3.63) is 12.2 Å². The number of esters is 1. The second-order valence-electron chi connectivity index (χ2n) is 9.74. The number of rotatable bonds is 7. The molecule has 3 heteroatoms. The van der Waals surface area contributed by atoms with E-state index in [2.05, 4.69) is 19.1 Å². The van der Waals surface area contributed by atoms with Crippen molar-refractivity contribution in [1.82, 2.24) is 0 Å². The summed E-state index contributed by atoms with van der Waals surface area (Å²) in [6.07, 6.45) is 14.8. The Bertz CT molecular complexity index is 551. The van der Waals surface area contributed by atoms with E-state index in [0.29, 0.717) is 24.2 Å². The third-order valence-electron chi connectivity index (χ3n) is 7.78. The van der Waals surface area contributed by atoms with Gasteiger partial charge in [0.1, 0.15) is 5.60 Å². The van der Waals surface area contributed by atoms with Crippen LogP contribution >= 0.6 is 0 Å². The van der Waals surface area contributed by atoms with E-state index >= 15 is 0 Å². The van der Waals surface area contributed by atoms with Crippen molar-refractivity contribution in [1.29, 1.82) is 0 Å². The molecule has 4 aliphatic rings. The number of aliphatic hydroxyl groups is 1. The maximum absolute atomic E-state index is 12.6. The van der Waals surface area contributed by atoms with Crippen molar-refractivity contribution in [2.75, 3.05) is 0 Å². The average molecular weight is 347 g/mol. The molecule has 3 saturated carbocycles. The predicted octanol–water partition coefficient (Wildman–Crippen LogP) is 4.63. The molecule has 3 fully saturated rings. The van der Waals surface area contributed by atoms with Gasteiger partial charge in [-0.25, -0.2) is 0 Å². The highest BCUT2D eigenvalue weighted by Gasteiger charge is 2.54. The topological polar surface area (TPSA) is 46.5 Å². The third-order valence-corrected chi connectivity index (χ3v) is 7.78. The van der Waals surface area contributed by atoms with Gasteiger partial charge in [-0.3, -0.25) is 4.79 Å². The van der Waals surface area contributed by atoms with Gasteiger partial charge in [-0.15, -0.1) is 0 Å². The molecule has 1 N–H and O–H groups in total. The van der Waals surface area contributed by atoms with E-state index < -0.39 is 5.60 Å². The molecule has 0 aromatic carbocycles. The van der Waals surface area contributed by atoms with Crippen LogP contribution in [0, 0.1) is 29.6 Å². The molecule has 0 heterocycles. The van der Waals surface area contributed by atoms with E-state index in [1.54, 1.807) is 0 Å². The van der Waals surface area contributed by atoms with E-state index in [9.17, 15) is 9.90 Å². The molecule has 4 bridgehead atoms. The zero-order valence-corrected chi connectivity index (χ0v) is 15.9. The lowest BCUT2D eigenvalue weighted by molar-refractivity contribution is -0.169. The zero-order valence-electron chi connectivity index (χ0n) is 15.9. The zero-order chi connectivity index (χ0) is 17.7. The Morgan fingerprint density at radius 3 is 2.80 bits per heavy atom. The summed E-state index contributed by atoms with van der Waals surface area (Å²) in [4.78, 5) is 12.6. The number of hydrogen-bond donors (Lipinski definition) is 1. The fourth-order valence-corrected chi connectivity index (χ4v) is 6.43. The highest BCUT2D eigenvalue weighted by Crippen LogP contribution is 2.55. The Balaban J connectivity index is 1.28. The number of carbonyl (C=O) groups excluding carboxylic acids is 1. The van der Waals surface area contributed by atoms with E-state index in [1.807, 2.05) is 6.92 Å². The van der Waals surface area contributed by atoms with Crippen LogP contribution in [0.15, 0.2) is 12.2 Å². The average Bonchev–Trinajstić information content (AvgIpc) is 3.31. The molecular formula is C22H34O3. The van der Waals surface area contributed by atoms with Crippen LogP contribution in [0.3, 0.4) is 0 Å². The van der Waals surface area contributed by atoms with Gasteiger partial charge < -0.3 is 9.84 Å². The van der Waals surface area contributed by atoms with Gasteiger partial charge in [-0.05, 0) is 94.3 Å². The molecule has 3 nitrogen and oxygen atoms in total. The maximum atomic E-state index is 12.6. The fourth-order valence-electron chi connectivity index (χ4n) is 6.43. The van der Waals surface area contributed by atoms with Crippen molar-refractivity contribution in [2.24, 2.45) is 29.6 Å². The molecule has 0 aliphatic heterocycles. The van der Waals surface area contributed by atoms with Gasteiger partial charge in [0.05, 0.1) is 12.0 Å². The van der Waals surface area contributed by atoms with E-state index in [4.69, 9.17) is 4.74 Å². The van der Waals surface area contributed by atoms with Crippen molar-refractivity contribution in [3.63, 3.8) is 0 Å². The van der Waals surface area contributed by atoms with Crippen LogP contribution in [0.4, 0.5) is 0 Å². The minimum absolute atomic E-state index is 0.145. The molecule has 0 radical (unpaired) electrons. The Morgan fingerprint density at radius 1 is 1.32 bits per heavy atom. The number of ether oxygens (including phenoxy) is 1. The lowest BCUT2D eigenvalue weighted by Crippen LogP contribution is -2.40. The normalized spacial score (nSPS) is 43.6. The van der Waals surface area contributed by atoms with E-state index in [-0.39, 0.29) is 18.0 Å². The molecule has 0 saturated heterocycles. The van der Waals surface area contributed by atoms with Gasteiger partial charge in [-0.1, -0.05) is 19.1 Å². The molecule has 0 aromatic rings. The van der Waals surface area contributed by atoms with Gasteiger partial charge in [0.15, 0.2) is 0 Å². The Labute approximate surface area is 152 Å². The van der Waals surface area contributed by atoms with Crippen molar-refractivity contribution < 1.29 is 14.6 Å². The van der Waals surface area contributed by atoms with Crippen LogP contribution in [0.1, 0.15) is 78.1 Å².